The van der Waals surface area contributed by atoms with Crippen LogP contribution in [0.25, 0.3) is 0 Å². The normalized spacial score (nSPS) is 16.5. The predicted octanol–water partition coefficient (Wildman–Crippen LogP) is 3.34. The van der Waals surface area contributed by atoms with Gasteiger partial charge in [0.2, 0.25) is 0 Å². The molecule has 1 saturated heterocycles. The lowest BCUT2D eigenvalue weighted by Crippen LogP contribution is -2.45. The molecule has 23 heavy (non-hydrogen) atoms. The number of ether oxygens (including phenoxy) is 1. The van der Waals surface area contributed by atoms with Gasteiger partial charge in [0.05, 0.1) is 12.5 Å². The smallest absolute Gasteiger partial charge is 0.127 e. The van der Waals surface area contributed by atoms with Gasteiger partial charge in [-0.3, -0.25) is 4.90 Å². The molecular weight excluding hydrogens is 286 g/mol. The van der Waals surface area contributed by atoms with E-state index in [9.17, 15) is 0 Å². The van der Waals surface area contributed by atoms with Gasteiger partial charge in [0.15, 0.2) is 0 Å². The third-order valence-electron chi connectivity index (χ3n) is 4.12. The van der Waals surface area contributed by atoms with Gasteiger partial charge in [-0.25, -0.2) is 0 Å². The first-order chi connectivity index (χ1) is 11.4. The standard InChI is InChI=1S/C19H21N3O/c20-11-10-19(22-14-12-21-13-15-22)16-6-8-18(9-7-16)23-17-4-2-1-3-5-17/h1-9,19,21H,10,12-15H2/t19-/m0/s1. The van der Waals surface area contributed by atoms with Gasteiger partial charge in [-0.2, -0.15) is 5.26 Å². The second-order valence-corrected chi connectivity index (χ2v) is 5.65. The molecule has 2 aromatic carbocycles. The van der Waals surface area contributed by atoms with Crippen molar-refractivity contribution in [2.24, 2.45) is 0 Å². The van der Waals surface area contributed by atoms with E-state index in [1.54, 1.807) is 0 Å². The fraction of sp³-hybridized carbons (Fsp3) is 0.316. The molecule has 4 nitrogen and oxygen atoms in total. The number of para-hydroxylation sites is 1. The molecule has 1 aliphatic heterocycles. The van der Waals surface area contributed by atoms with Crippen molar-refractivity contribution in [1.29, 1.82) is 5.26 Å². The lowest BCUT2D eigenvalue weighted by atomic mass is 10.0. The van der Waals surface area contributed by atoms with Crippen LogP contribution in [0.1, 0.15) is 18.0 Å². The van der Waals surface area contributed by atoms with Gasteiger partial charge in [0.1, 0.15) is 11.5 Å². The van der Waals surface area contributed by atoms with Gasteiger partial charge in [0.25, 0.3) is 0 Å². The van der Waals surface area contributed by atoms with Crippen LogP contribution in [0.5, 0.6) is 11.5 Å². The summed E-state index contributed by atoms with van der Waals surface area (Å²) in [5, 5.41) is 12.5. The van der Waals surface area contributed by atoms with E-state index in [2.05, 4.69) is 28.4 Å². The molecule has 0 bridgehead atoms. The average molecular weight is 307 g/mol. The Kier molecular flexibility index (Phi) is 5.25. The van der Waals surface area contributed by atoms with Crippen LogP contribution in [0, 0.1) is 11.3 Å². The number of nitriles is 1. The van der Waals surface area contributed by atoms with E-state index < -0.39 is 0 Å². The highest BCUT2D eigenvalue weighted by atomic mass is 16.5. The van der Waals surface area contributed by atoms with Crippen molar-refractivity contribution in [1.82, 2.24) is 10.2 Å². The van der Waals surface area contributed by atoms with E-state index in [0.29, 0.717) is 6.42 Å². The summed E-state index contributed by atoms with van der Waals surface area (Å²) in [5.74, 6) is 1.65. The monoisotopic (exact) mass is 307 g/mol. The maximum absolute atomic E-state index is 9.16. The summed E-state index contributed by atoms with van der Waals surface area (Å²) in [5.41, 5.74) is 1.17. The minimum absolute atomic E-state index is 0.160. The maximum atomic E-state index is 9.16. The molecule has 1 atom stereocenters. The summed E-state index contributed by atoms with van der Waals surface area (Å²) in [7, 11) is 0. The number of benzene rings is 2. The number of piperazine rings is 1. The second-order valence-electron chi connectivity index (χ2n) is 5.65. The Hall–Kier alpha value is -2.35. The Morgan fingerprint density at radius 2 is 1.65 bits per heavy atom. The van der Waals surface area contributed by atoms with E-state index in [1.165, 1.54) is 5.56 Å². The first kappa shape index (κ1) is 15.5. The topological polar surface area (TPSA) is 48.3 Å². The highest BCUT2D eigenvalue weighted by molar-refractivity contribution is 5.34. The van der Waals surface area contributed by atoms with Crippen LogP contribution in [-0.4, -0.2) is 31.1 Å². The zero-order valence-electron chi connectivity index (χ0n) is 13.1. The van der Waals surface area contributed by atoms with Crippen molar-refractivity contribution in [3.63, 3.8) is 0 Å². The molecule has 2 aromatic rings. The van der Waals surface area contributed by atoms with Crippen molar-refractivity contribution in [3.05, 3.63) is 60.2 Å². The highest BCUT2D eigenvalue weighted by Crippen LogP contribution is 2.28. The van der Waals surface area contributed by atoms with Gasteiger partial charge in [-0.15, -0.1) is 0 Å². The quantitative estimate of drug-likeness (QED) is 0.920. The van der Waals surface area contributed by atoms with E-state index in [0.717, 1.165) is 37.7 Å². The fourth-order valence-electron chi connectivity index (χ4n) is 2.92. The van der Waals surface area contributed by atoms with Crippen molar-refractivity contribution < 1.29 is 4.74 Å². The molecule has 3 rings (SSSR count). The number of nitrogens with one attached hydrogen (secondary N) is 1. The number of rotatable bonds is 5. The van der Waals surface area contributed by atoms with Crippen molar-refractivity contribution >= 4 is 0 Å². The first-order valence-electron chi connectivity index (χ1n) is 8.01. The van der Waals surface area contributed by atoms with Gasteiger partial charge in [0, 0.05) is 32.2 Å². The fourth-order valence-corrected chi connectivity index (χ4v) is 2.92. The Labute approximate surface area is 137 Å². The zero-order chi connectivity index (χ0) is 15.9. The molecule has 118 valence electrons. The molecule has 0 amide bonds. The molecule has 0 aromatic heterocycles. The molecule has 1 aliphatic rings. The molecule has 4 heteroatoms. The predicted molar refractivity (Wildman–Crippen MR) is 90.4 cm³/mol. The van der Waals surface area contributed by atoms with Gasteiger partial charge in [-0.05, 0) is 29.8 Å². The molecule has 1 heterocycles. The molecular formula is C19H21N3O. The average Bonchev–Trinajstić information content (AvgIpc) is 2.62. The Bertz CT molecular complexity index is 643. The van der Waals surface area contributed by atoms with Crippen LogP contribution >= 0.6 is 0 Å². The summed E-state index contributed by atoms with van der Waals surface area (Å²) in [4.78, 5) is 2.38. The summed E-state index contributed by atoms with van der Waals surface area (Å²) in [6.45, 7) is 3.93. The zero-order valence-corrected chi connectivity index (χ0v) is 13.1. The molecule has 1 N–H and O–H groups in total. The Morgan fingerprint density at radius 3 is 2.30 bits per heavy atom. The summed E-state index contributed by atoms with van der Waals surface area (Å²) in [6, 6.07) is 20.3. The maximum Gasteiger partial charge on any atom is 0.127 e. The minimum Gasteiger partial charge on any atom is -0.457 e. The van der Waals surface area contributed by atoms with Crippen molar-refractivity contribution in [2.75, 3.05) is 26.2 Å². The first-order valence-corrected chi connectivity index (χ1v) is 8.01. The number of hydrogen-bond donors (Lipinski definition) is 1. The lowest BCUT2D eigenvalue weighted by molar-refractivity contribution is 0.175. The minimum atomic E-state index is 0.160. The molecule has 0 aliphatic carbocycles. The van der Waals surface area contributed by atoms with Crippen LogP contribution in [0.4, 0.5) is 0 Å². The van der Waals surface area contributed by atoms with E-state index in [4.69, 9.17) is 10.00 Å². The van der Waals surface area contributed by atoms with Gasteiger partial charge in [-0.1, -0.05) is 30.3 Å². The number of hydrogen-bond acceptors (Lipinski definition) is 4. The molecule has 0 spiro atoms. The molecule has 0 saturated carbocycles. The summed E-state index contributed by atoms with van der Waals surface area (Å²) in [6.07, 6.45) is 0.513. The Balaban J connectivity index is 1.72. The van der Waals surface area contributed by atoms with Crippen LogP contribution < -0.4 is 10.1 Å². The lowest BCUT2D eigenvalue weighted by Gasteiger charge is -2.34. The highest BCUT2D eigenvalue weighted by Gasteiger charge is 2.21. The Morgan fingerprint density at radius 1 is 1.00 bits per heavy atom. The van der Waals surface area contributed by atoms with Crippen LogP contribution in [0.2, 0.25) is 0 Å². The second kappa shape index (κ2) is 7.77. The molecule has 0 radical (unpaired) electrons. The van der Waals surface area contributed by atoms with Crippen molar-refractivity contribution in [3.8, 4) is 17.6 Å². The SMILES string of the molecule is N#CC[C@@H](c1ccc(Oc2ccccc2)cc1)N1CCNCC1. The molecule has 1 fully saturated rings. The largest absolute Gasteiger partial charge is 0.457 e. The van der Waals surface area contributed by atoms with Crippen LogP contribution in [0.15, 0.2) is 54.6 Å². The van der Waals surface area contributed by atoms with E-state index in [-0.39, 0.29) is 6.04 Å². The van der Waals surface area contributed by atoms with Crippen LogP contribution in [-0.2, 0) is 0 Å². The third kappa shape index (κ3) is 4.10. The van der Waals surface area contributed by atoms with Gasteiger partial charge >= 0.3 is 0 Å². The molecule has 0 unspecified atom stereocenters. The number of nitrogens with zero attached hydrogens (tertiary/aromatic N) is 2. The van der Waals surface area contributed by atoms with E-state index in [1.807, 2.05) is 42.5 Å². The van der Waals surface area contributed by atoms with Crippen molar-refractivity contribution in [2.45, 2.75) is 12.5 Å². The summed E-state index contributed by atoms with van der Waals surface area (Å²) >= 11 is 0. The van der Waals surface area contributed by atoms with Gasteiger partial charge < -0.3 is 10.1 Å². The third-order valence-corrected chi connectivity index (χ3v) is 4.12. The van der Waals surface area contributed by atoms with Crippen LogP contribution in [0.3, 0.4) is 0 Å². The van der Waals surface area contributed by atoms with E-state index >= 15 is 0 Å². The summed E-state index contributed by atoms with van der Waals surface area (Å²) < 4.78 is 5.83.